The molecular weight excluding hydrogens is 299 g/mol. The Hall–Kier alpha value is -1.80. The van der Waals surface area contributed by atoms with Crippen LogP contribution >= 0.6 is 0 Å². The summed E-state index contributed by atoms with van der Waals surface area (Å²) in [7, 11) is 1.41. The summed E-state index contributed by atoms with van der Waals surface area (Å²) < 4.78 is 46.2. The molecule has 2 aromatic heterocycles. The summed E-state index contributed by atoms with van der Waals surface area (Å²) in [6.07, 6.45) is -2.76. The summed E-state index contributed by atoms with van der Waals surface area (Å²) in [6, 6.07) is 3.52. The highest BCUT2D eigenvalue weighted by molar-refractivity contribution is 5.09. The predicted octanol–water partition coefficient (Wildman–Crippen LogP) is 2.25. The number of hydrogen-bond acceptors (Lipinski definition) is 4. The molecule has 2 aromatic rings. The fourth-order valence-electron chi connectivity index (χ4n) is 2.21. The highest BCUT2D eigenvalue weighted by Gasteiger charge is 2.56. The third kappa shape index (κ3) is 3.33. The van der Waals surface area contributed by atoms with Crippen LogP contribution in [0.1, 0.15) is 23.8 Å². The standard InChI is InChI=1S/C14H18F3N3O2/c1-10-3-4-11(22-10)9-18-6-5-13(21,14(15,16)17)12-19-7-8-20(12)2/h3-4,7-8,18,21H,5-6,9H2,1-2H3/t13-/m1/s1. The van der Waals surface area contributed by atoms with E-state index >= 15 is 0 Å². The Balaban J connectivity index is 2.01. The van der Waals surface area contributed by atoms with Crippen LogP contribution in [0.2, 0.25) is 0 Å². The molecule has 0 saturated carbocycles. The third-order valence-corrected chi connectivity index (χ3v) is 3.42. The summed E-state index contributed by atoms with van der Waals surface area (Å²) in [6.45, 7) is 2.04. The molecule has 1 atom stereocenters. The van der Waals surface area contributed by atoms with Crippen molar-refractivity contribution in [3.63, 3.8) is 0 Å². The molecule has 0 saturated heterocycles. The van der Waals surface area contributed by atoms with Gasteiger partial charge in [0.25, 0.3) is 0 Å². The van der Waals surface area contributed by atoms with Crippen molar-refractivity contribution in [2.45, 2.75) is 31.7 Å². The Kier molecular flexibility index (Phi) is 4.62. The summed E-state index contributed by atoms with van der Waals surface area (Å²) in [4.78, 5) is 3.64. The van der Waals surface area contributed by atoms with E-state index < -0.39 is 24.0 Å². The Morgan fingerprint density at radius 2 is 2.09 bits per heavy atom. The van der Waals surface area contributed by atoms with Gasteiger partial charge in [-0.05, 0) is 25.6 Å². The van der Waals surface area contributed by atoms with E-state index in [0.29, 0.717) is 12.3 Å². The van der Waals surface area contributed by atoms with Crippen LogP contribution in [0, 0.1) is 6.92 Å². The van der Waals surface area contributed by atoms with Crippen LogP contribution in [0.4, 0.5) is 13.2 Å². The molecule has 0 unspecified atom stereocenters. The van der Waals surface area contributed by atoms with Crippen molar-refractivity contribution in [2.75, 3.05) is 6.54 Å². The van der Waals surface area contributed by atoms with Crippen LogP contribution in [-0.4, -0.2) is 27.4 Å². The van der Waals surface area contributed by atoms with E-state index in [1.54, 1.807) is 19.1 Å². The Bertz CT molecular complexity index is 621. The highest BCUT2D eigenvalue weighted by atomic mass is 19.4. The first kappa shape index (κ1) is 16.6. The monoisotopic (exact) mass is 317 g/mol. The first-order valence-corrected chi connectivity index (χ1v) is 6.77. The second-order valence-corrected chi connectivity index (χ2v) is 5.16. The molecule has 0 radical (unpaired) electrons. The molecule has 0 spiro atoms. The van der Waals surface area contributed by atoms with Gasteiger partial charge in [-0.2, -0.15) is 13.2 Å². The molecule has 0 aliphatic rings. The molecule has 8 heteroatoms. The van der Waals surface area contributed by atoms with Crippen molar-refractivity contribution < 1.29 is 22.7 Å². The van der Waals surface area contributed by atoms with E-state index in [-0.39, 0.29) is 6.54 Å². The molecule has 2 heterocycles. The lowest BCUT2D eigenvalue weighted by molar-refractivity contribution is -0.272. The minimum absolute atomic E-state index is 0.0391. The summed E-state index contributed by atoms with van der Waals surface area (Å²) in [5, 5.41) is 13.0. The lowest BCUT2D eigenvalue weighted by Crippen LogP contribution is -2.46. The van der Waals surface area contributed by atoms with E-state index in [1.165, 1.54) is 24.0 Å². The number of alkyl halides is 3. The maximum Gasteiger partial charge on any atom is 0.424 e. The van der Waals surface area contributed by atoms with Gasteiger partial charge in [0.1, 0.15) is 17.3 Å². The van der Waals surface area contributed by atoms with Crippen LogP contribution in [0.15, 0.2) is 28.9 Å². The summed E-state index contributed by atoms with van der Waals surface area (Å²) in [5.74, 6) is 0.942. The van der Waals surface area contributed by atoms with Gasteiger partial charge in [-0.3, -0.25) is 0 Å². The van der Waals surface area contributed by atoms with Crippen LogP contribution in [0.25, 0.3) is 0 Å². The van der Waals surface area contributed by atoms with Gasteiger partial charge in [0.2, 0.25) is 5.60 Å². The zero-order valence-electron chi connectivity index (χ0n) is 12.3. The van der Waals surface area contributed by atoms with Crippen molar-refractivity contribution in [1.29, 1.82) is 0 Å². The van der Waals surface area contributed by atoms with E-state index in [2.05, 4.69) is 10.3 Å². The summed E-state index contributed by atoms with van der Waals surface area (Å²) >= 11 is 0. The smallest absolute Gasteiger partial charge is 0.424 e. The van der Waals surface area contributed by atoms with Gasteiger partial charge in [-0.25, -0.2) is 4.98 Å². The molecule has 0 fully saturated rings. The largest absolute Gasteiger partial charge is 0.465 e. The lowest BCUT2D eigenvalue weighted by Gasteiger charge is -2.30. The molecule has 122 valence electrons. The maximum atomic E-state index is 13.3. The van der Waals surface area contributed by atoms with Crippen molar-refractivity contribution in [3.8, 4) is 0 Å². The molecule has 0 amide bonds. The van der Waals surface area contributed by atoms with Crippen LogP contribution in [-0.2, 0) is 19.2 Å². The van der Waals surface area contributed by atoms with Gasteiger partial charge in [0.15, 0.2) is 0 Å². The molecule has 5 nitrogen and oxygen atoms in total. The number of imidazole rings is 1. The minimum atomic E-state index is -4.81. The number of aromatic nitrogens is 2. The molecule has 0 aromatic carbocycles. The number of rotatable bonds is 6. The molecule has 2 N–H and O–H groups in total. The van der Waals surface area contributed by atoms with Gasteiger partial charge in [0.05, 0.1) is 6.54 Å². The van der Waals surface area contributed by atoms with Crippen LogP contribution in [0.3, 0.4) is 0 Å². The van der Waals surface area contributed by atoms with E-state index in [0.717, 1.165) is 5.76 Å². The molecule has 0 aliphatic heterocycles. The van der Waals surface area contributed by atoms with Crippen LogP contribution < -0.4 is 5.32 Å². The third-order valence-electron chi connectivity index (χ3n) is 3.42. The molecule has 2 rings (SSSR count). The number of nitrogens with one attached hydrogen (secondary N) is 1. The van der Waals surface area contributed by atoms with Crippen molar-refractivity contribution in [2.24, 2.45) is 7.05 Å². The molecule has 22 heavy (non-hydrogen) atoms. The van der Waals surface area contributed by atoms with Gasteiger partial charge < -0.3 is 19.4 Å². The number of aryl methyl sites for hydroxylation is 2. The lowest BCUT2D eigenvalue weighted by atomic mass is 9.97. The quantitative estimate of drug-likeness (QED) is 0.802. The van der Waals surface area contributed by atoms with Crippen molar-refractivity contribution in [3.05, 3.63) is 41.9 Å². The number of furan rings is 1. The van der Waals surface area contributed by atoms with E-state index in [9.17, 15) is 18.3 Å². The zero-order chi connectivity index (χ0) is 16.4. The predicted molar refractivity (Wildman–Crippen MR) is 72.9 cm³/mol. The highest BCUT2D eigenvalue weighted by Crippen LogP contribution is 2.40. The Morgan fingerprint density at radius 1 is 1.36 bits per heavy atom. The number of aliphatic hydroxyl groups is 1. The molecule has 0 bridgehead atoms. The van der Waals surface area contributed by atoms with Gasteiger partial charge in [-0.1, -0.05) is 0 Å². The fourth-order valence-corrected chi connectivity index (χ4v) is 2.21. The van der Waals surface area contributed by atoms with E-state index in [4.69, 9.17) is 4.42 Å². The summed E-state index contributed by atoms with van der Waals surface area (Å²) in [5.41, 5.74) is -2.99. The molecule has 0 aliphatic carbocycles. The van der Waals surface area contributed by atoms with Gasteiger partial charge in [-0.15, -0.1) is 0 Å². The van der Waals surface area contributed by atoms with Crippen molar-refractivity contribution in [1.82, 2.24) is 14.9 Å². The minimum Gasteiger partial charge on any atom is -0.465 e. The Morgan fingerprint density at radius 3 is 2.59 bits per heavy atom. The number of hydrogen-bond donors (Lipinski definition) is 2. The number of halogens is 3. The van der Waals surface area contributed by atoms with Gasteiger partial charge >= 0.3 is 6.18 Å². The molecular formula is C14H18F3N3O2. The van der Waals surface area contributed by atoms with E-state index in [1.807, 2.05) is 0 Å². The first-order valence-electron chi connectivity index (χ1n) is 6.77. The fraction of sp³-hybridized carbons (Fsp3) is 0.500. The SMILES string of the molecule is Cc1ccc(CNCC[C@@](O)(c2nccn2C)C(F)(F)F)o1. The maximum absolute atomic E-state index is 13.3. The van der Waals surface area contributed by atoms with Crippen molar-refractivity contribution >= 4 is 0 Å². The Labute approximate surface area is 125 Å². The second-order valence-electron chi connectivity index (χ2n) is 5.16. The second kappa shape index (κ2) is 6.13. The topological polar surface area (TPSA) is 63.2 Å². The first-order chi connectivity index (χ1) is 10.2. The zero-order valence-corrected chi connectivity index (χ0v) is 12.3. The van der Waals surface area contributed by atoms with Gasteiger partial charge in [0, 0.05) is 25.9 Å². The van der Waals surface area contributed by atoms with Crippen LogP contribution in [0.5, 0.6) is 0 Å². The normalized spacial score (nSPS) is 15.0. The average Bonchev–Trinajstić information content (AvgIpc) is 3.02. The average molecular weight is 317 g/mol. The number of nitrogens with zero attached hydrogens (tertiary/aromatic N) is 2.